The van der Waals surface area contributed by atoms with Gasteiger partial charge >= 0.3 is 0 Å². The average Bonchev–Trinajstić information content (AvgIpc) is 2.58. The summed E-state index contributed by atoms with van der Waals surface area (Å²) in [5.41, 5.74) is 7.70. The molecule has 1 atom stereocenters. The zero-order valence-corrected chi connectivity index (χ0v) is 17.4. The first-order valence-electron chi connectivity index (χ1n) is 8.97. The van der Waals surface area contributed by atoms with Gasteiger partial charge in [-0.05, 0) is 45.7 Å². The smallest absolute Gasteiger partial charge is 0.233 e. The van der Waals surface area contributed by atoms with E-state index < -0.39 is 0 Å². The van der Waals surface area contributed by atoms with Gasteiger partial charge in [0.2, 0.25) is 17.8 Å². The molecule has 0 aliphatic rings. The lowest BCUT2D eigenvalue weighted by Crippen LogP contribution is -2.44. The molecule has 0 radical (unpaired) electrons. The molecule has 1 unspecified atom stereocenters. The molecule has 0 fully saturated rings. The maximum Gasteiger partial charge on any atom is 0.233 e. The Kier molecular flexibility index (Phi) is 7.01. The van der Waals surface area contributed by atoms with Crippen molar-refractivity contribution in [2.45, 2.75) is 57.6 Å². The molecule has 0 spiro atoms. The second-order valence-electron chi connectivity index (χ2n) is 7.26. The SMILES string of the molecule is CCc1ccccc1Nc1nc(N)nc(CSC(C)C(=O)NC(C)(C)C)n1. The summed E-state index contributed by atoms with van der Waals surface area (Å²) in [7, 11) is 0. The second kappa shape index (κ2) is 9.03. The summed E-state index contributed by atoms with van der Waals surface area (Å²) in [6, 6.07) is 7.99. The van der Waals surface area contributed by atoms with E-state index in [2.05, 4.69) is 38.6 Å². The van der Waals surface area contributed by atoms with Gasteiger partial charge in [0.1, 0.15) is 5.82 Å². The molecule has 2 aromatic rings. The highest BCUT2D eigenvalue weighted by atomic mass is 32.2. The van der Waals surface area contributed by atoms with Crippen molar-refractivity contribution in [1.29, 1.82) is 0 Å². The predicted octanol–water partition coefficient (Wildman–Crippen LogP) is 3.30. The molecular formula is C19H28N6OS. The van der Waals surface area contributed by atoms with Crippen LogP contribution in [0.4, 0.5) is 17.6 Å². The van der Waals surface area contributed by atoms with E-state index in [0.717, 1.165) is 12.1 Å². The van der Waals surface area contributed by atoms with E-state index in [1.165, 1.54) is 17.3 Å². The number of nitrogens with zero attached hydrogens (tertiary/aromatic N) is 3. The Morgan fingerprint density at radius 1 is 1.22 bits per heavy atom. The van der Waals surface area contributed by atoms with Crippen LogP contribution >= 0.6 is 11.8 Å². The molecule has 0 aliphatic heterocycles. The fraction of sp³-hybridized carbons (Fsp3) is 0.474. The number of anilines is 3. The van der Waals surface area contributed by atoms with Gasteiger partial charge < -0.3 is 16.4 Å². The van der Waals surface area contributed by atoms with Crippen LogP contribution in [-0.4, -0.2) is 31.6 Å². The number of hydrogen-bond donors (Lipinski definition) is 3. The van der Waals surface area contributed by atoms with Crippen molar-refractivity contribution in [3.05, 3.63) is 35.7 Å². The van der Waals surface area contributed by atoms with Crippen molar-refractivity contribution in [3.63, 3.8) is 0 Å². The van der Waals surface area contributed by atoms with Crippen LogP contribution in [0.15, 0.2) is 24.3 Å². The normalized spacial score (nSPS) is 12.5. The number of aryl methyl sites for hydroxylation is 1. The molecule has 146 valence electrons. The van der Waals surface area contributed by atoms with Crippen LogP contribution in [0.5, 0.6) is 0 Å². The fourth-order valence-corrected chi connectivity index (χ4v) is 3.11. The third-order valence-corrected chi connectivity index (χ3v) is 4.81. The van der Waals surface area contributed by atoms with Crippen LogP contribution in [0.2, 0.25) is 0 Å². The number of carbonyl (C=O) groups is 1. The standard InChI is InChI=1S/C19H28N6OS/c1-6-13-9-7-8-10-14(13)21-18-23-15(22-17(20)24-18)11-27-12(2)16(26)25-19(3,4)5/h7-10,12H,6,11H2,1-5H3,(H,25,26)(H3,20,21,22,23,24). The lowest BCUT2D eigenvalue weighted by atomic mass is 10.1. The minimum absolute atomic E-state index is 0.00949. The van der Waals surface area contributed by atoms with Crippen LogP contribution in [-0.2, 0) is 17.0 Å². The number of carbonyl (C=O) groups excluding carboxylic acids is 1. The number of benzene rings is 1. The van der Waals surface area contributed by atoms with Gasteiger partial charge in [0.05, 0.1) is 11.0 Å². The van der Waals surface area contributed by atoms with E-state index in [1.807, 2.05) is 45.9 Å². The van der Waals surface area contributed by atoms with Gasteiger partial charge in [-0.1, -0.05) is 25.1 Å². The number of thioether (sulfide) groups is 1. The van der Waals surface area contributed by atoms with Gasteiger partial charge in [-0.25, -0.2) is 0 Å². The topological polar surface area (TPSA) is 106 Å². The highest BCUT2D eigenvalue weighted by molar-refractivity contribution is 7.99. The minimum atomic E-state index is -0.257. The van der Waals surface area contributed by atoms with Gasteiger partial charge in [-0.3, -0.25) is 4.79 Å². The summed E-state index contributed by atoms with van der Waals surface area (Å²) in [6.45, 7) is 9.84. The monoisotopic (exact) mass is 388 g/mol. The summed E-state index contributed by atoms with van der Waals surface area (Å²) >= 11 is 1.46. The number of hydrogen-bond acceptors (Lipinski definition) is 7. The van der Waals surface area contributed by atoms with Gasteiger partial charge in [0, 0.05) is 11.2 Å². The van der Waals surface area contributed by atoms with E-state index in [0.29, 0.717) is 17.5 Å². The lowest BCUT2D eigenvalue weighted by molar-refractivity contribution is -0.121. The molecule has 0 bridgehead atoms. The number of nitrogen functional groups attached to an aromatic ring is 1. The molecular weight excluding hydrogens is 360 g/mol. The zero-order chi connectivity index (χ0) is 20.0. The van der Waals surface area contributed by atoms with E-state index >= 15 is 0 Å². The summed E-state index contributed by atoms with van der Waals surface area (Å²) in [5.74, 6) is 1.56. The molecule has 0 saturated heterocycles. The quantitative estimate of drug-likeness (QED) is 0.668. The number of nitrogens with one attached hydrogen (secondary N) is 2. The van der Waals surface area contributed by atoms with Gasteiger partial charge in [0.25, 0.3) is 0 Å². The molecule has 1 aromatic heterocycles. The Labute approximate surface area is 165 Å². The molecule has 27 heavy (non-hydrogen) atoms. The lowest BCUT2D eigenvalue weighted by Gasteiger charge is -2.22. The van der Waals surface area contributed by atoms with Crippen LogP contribution in [0.25, 0.3) is 0 Å². The molecule has 1 aromatic carbocycles. The van der Waals surface area contributed by atoms with Gasteiger partial charge in [-0.15, -0.1) is 11.8 Å². The molecule has 0 saturated carbocycles. The minimum Gasteiger partial charge on any atom is -0.368 e. The van der Waals surface area contributed by atoms with Crippen LogP contribution in [0.3, 0.4) is 0 Å². The maximum atomic E-state index is 12.2. The van der Waals surface area contributed by atoms with Crippen molar-refractivity contribution >= 4 is 35.3 Å². The van der Waals surface area contributed by atoms with Crippen molar-refractivity contribution in [1.82, 2.24) is 20.3 Å². The third-order valence-electron chi connectivity index (χ3n) is 3.67. The summed E-state index contributed by atoms with van der Waals surface area (Å²) < 4.78 is 0. The molecule has 0 aliphatic carbocycles. The first-order valence-corrected chi connectivity index (χ1v) is 10.0. The number of rotatable bonds is 7. The Hall–Kier alpha value is -2.35. The molecule has 2 rings (SSSR count). The van der Waals surface area contributed by atoms with Crippen molar-refractivity contribution in [2.75, 3.05) is 11.1 Å². The van der Waals surface area contributed by atoms with E-state index in [9.17, 15) is 4.79 Å². The van der Waals surface area contributed by atoms with Gasteiger partial charge in [0.15, 0.2) is 0 Å². The Morgan fingerprint density at radius 2 is 1.93 bits per heavy atom. The van der Waals surface area contributed by atoms with E-state index in [4.69, 9.17) is 5.73 Å². The highest BCUT2D eigenvalue weighted by Crippen LogP contribution is 2.21. The molecule has 7 nitrogen and oxygen atoms in total. The first-order chi connectivity index (χ1) is 12.7. The number of amides is 1. The molecule has 8 heteroatoms. The third kappa shape index (κ3) is 6.71. The summed E-state index contributed by atoms with van der Waals surface area (Å²) in [5, 5.41) is 5.97. The molecule has 1 amide bonds. The first kappa shape index (κ1) is 21.0. The second-order valence-corrected chi connectivity index (χ2v) is 8.59. The van der Waals surface area contributed by atoms with Crippen LogP contribution in [0.1, 0.15) is 46.0 Å². The Morgan fingerprint density at radius 3 is 2.59 bits per heavy atom. The largest absolute Gasteiger partial charge is 0.368 e. The average molecular weight is 389 g/mol. The molecule has 1 heterocycles. The van der Waals surface area contributed by atoms with E-state index in [-0.39, 0.29) is 22.6 Å². The zero-order valence-electron chi connectivity index (χ0n) is 16.5. The van der Waals surface area contributed by atoms with Crippen molar-refractivity contribution in [2.24, 2.45) is 0 Å². The van der Waals surface area contributed by atoms with Crippen molar-refractivity contribution < 1.29 is 4.79 Å². The predicted molar refractivity (Wildman–Crippen MR) is 112 cm³/mol. The number of aromatic nitrogens is 3. The van der Waals surface area contributed by atoms with Gasteiger partial charge in [-0.2, -0.15) is 15.0 Å². The van der Waals surface area contributed by atoms with E-state index in [1.54, 1.807) is 0 Å². The molecule has 4 N–H and O–H groups in total. The highest BCUT2D eigenvalue weighted by Gasteiger charge is 2.20. The number of para-hydroxylation sites is 1. The summed E-state index contributed by atoms with van der Waals surface area (Å²) in [6.07, 6.45) is 0.896. The Bertz CT molecular complexity index is 790. The van der Waals surface area contributed by atoms with Crippen molar-refractivity contribution in [3.8, 4) is 0 Å². The van der Waals surface area contributed by atoms with Crippen LogP contribution < -0.4 is 16.4 Å². The summed E-state index contributed by atoms with van der Waals surface area (Å²) in [4.78, 5) is 25.0. The van der Waals surface area contributed by atoms with Crippen LogP contribution in [0, 0.1) is 0 Å². The number of nitrogens with two attached hydrogens (primary N) is 1. The maximum absolute atomic E-state index is 12.2. The Balaban J connectivity index is 2.05. The fourth-order valence-electron chi connectivity index (χ4n) is 2.38.